The van der Waals surface area contributed by atoms with E-state index in [1.54, 1.807) is 6.08 Å². The number of hydrogen-bond acceptors (Lipinski definition) is 2. The summed E-state index contributed by atoms with van der Waals surface area (Å²) in [6, 6.07) is 7.72. The molecule has 0 aliphatic heterocycles. The van der Waals surface area contributed by atoms with Crippen molar-refractivity contribution in [3.05, 3.63) is 55.3 Å². The van der Waals surface area contributed by atoms with Crippen molar-refractivity contribution in [1.82, 2.24) is 0 Å². The van der Waals surface area contributed by atoms with Crippen LogP contribution in [0.25, 0.3) is 0 Å². The highest BCUT2D eigenvalue weighted by Gasteiger charge is 1.96. The fourth-order valence-electron chi connectivity index (χ4n) is 0.938. The molecule has 72 valence electrons. The van der Waals surface area contributed by atoms with Crippen molar-refractivity contribution in [2.45, 2.75) is 6.92 Å². The van der Waals surface area contributed by atoms with E-state index in [1.165, 1.54) is 11.8 Å². The molecule has 1 aromatic carbocycles. The Balaban J connectivity index is 2.77. The third-order valence-corrected chi connectivity index (χ3v) is 1.64. The van der Waals surface area contributed by atoms with Gasteiger partial charge in [0.1, 0.15) is 5.75 Å². The predicted octanol–water partition coefficient (Wildman–Crippen LogP) is 3.10. The molecule has 0 radical (unpaired) electrons. The molecule has 1 aromatic rings. The normalized spacial score (nSPS) is 10.8. The van der Waals surface area contributed by atoms with Crippen LogP contribution in [0, 0.1) is 6.92 Å². The third kappa shape index (κ3) is 2.90. The Kier molecular flexibility index (Phi) is 3.68. The largest absolute Gasteiger partial charge is 0.439 e. The molecule has 0 N–H and O–H groups in total. The minimum Gasteiger partial charge on any atom is -0.439 e. The number of rotatable bonds is 3. The smallest absolute Gasteiger partial charge is 0.218 e. The SMILES string of the molecule is C=C/N=C(\C=C)Oc1ccc(C)cc1. The number of aryl methyl sites for hydroxylation is 1. The second kappa shape index (κ2) is 5.02. The van der Waals surface area contributed by atoms with Crippen LogP contribution in [0.2, 0.25) is 0 Å². The highest BCUT2D eigenvalue weighted by atomic mass is 16.5. The Labute approximate surface area is 84.3 Å². The number of nitrogens with zero attached hydrogens (tertiary/aromatic N) is 1. The van der Waals surface area contributed by atoms with E-state index < -0.39 is 0 Å². The summed E-state index contributed by atoms with van der Waals surface area (Å²) in [5, 5.41) is 0. The van der Waals surface area contributed by atoms with Crippen LogP contribution < -0.4 is 4.74 Å². The van der Waals surface area contributed by atoms with Gasteiger partial charge in [-0.2, -0.15) is 0 Å². The quantitative estimate of drug-likeness (QED) is 0.526. The van der Waals surface area contributed by atoms with E-state index in [2.05, 4.69) is 18.2 Å². The van der Waals surface area contributed by atoms with Gasteiger partial charge in [-0.15, -0.1) is 0 Å². The van der Waals surface area contributed by atoms with Crippen molar-refractivity contribution in [3.8, 4) is 5.75 Å². The first kappa shape index (κ1) is 10.3. The molecule has 0 amide bonds. The van der Waals surface area contributed by atoms with Crippen LogP contribution in [0.4, 0.5) is 0 Å². The molecule has 0 atom stereocenters. The molecule has 0 heterocycles. The number of hydrogen-bond donors (Lipinski definition) is 0. The van der Waals surface area contributed by atoms with Gasteiger partial charge in [0.25, 0.3) is 0 Å². The monoisotopic (exact) mass is 187 g/mol. The van der Waals surface area contributed by atoms with Crippen LogP contribution in [-0.2, 0) is 0 Å². The van der Waals surface area contributed by atoms with Gasteiger partial charge in [-0.05, 0) is 25.1 Å². The van der Waals surface area contributed by atoms with E-state index in [1.807, 2.05) is 31.2 Å². The van der Waals surface area contributed by atoms with Crippen molar-refractivity contribution in [2.75, 3.05) is 0 Å². The topological polar surface area (TPSA) is 21.6 Å². The predicted molar refractivity (Wildman–Crippen MR) is 59.6 cm³/mol. The summed E-state index contributed by atoms with van der Waals surface area (Å²) < 4.78 is 5.42. The van der Waals surface area contributed by atoms with E-state index in [-0.39, 0.29) is 0 Å². The summed E-state index contributed by atoms with van der Waals surface area (Å²) in [6.45, 7) is 9.10. The fourth-order valence-corrected chi connectivity index (χ4v) is 0.938. The van der Waals surface area contributed by atoms with Gasteiger partial charge < -0.3 is 4.74 Å². The van der Waals surface area contributed by atoms with Gasteiger partial charge in [-0.3, -0.25) is 0 Å². The molecule has 0 saturated carbocycles. The molecule has 0 aliphatic rings. The lowest BCUT2D eigenvalue weighted by Gasteiger charge is -2.04. The maximum atomic E-state index is 5.42. The van der Waals surface area contributed by atoms with Gasteiger partial charge >= 0.3 is 0 Å². The van der Waals surface area contributed by atoms with E-state index in [0.29, 0.717) is 5.90 Å². The summed E-state index contributed by atoms with van der Waals surface area (Å²) in [7, 11) is 0. The highest BCUT2D eigenvalue weighted by molar-refractivity contribution is 5.89. The zero-order valence-electron chi connectivity index (χ0n) is 8.23. The summed E-state index contributed by atoms with van der Waals surface area (Å²) in [4.78, 5) is 3.90. The number of ether oxygens (including phenoxy) is 1. The molecule has 14 heavy (non-hydrogen) atoms. The zero-order chi connectivity index (χ0) is 10.4. The number of aliphatic imine (C=N–C) groups is 1. The van der Waals surface area contributed by atoms with Gasteiger partial charge in [-0.25, -0.2) is 4.99 Å². The van der Waals surface area contributed by atoms with Gasteiger partial charge in [0.05, 0.1) is 0 Å². The van der Waals surface area contributed by atoms with Crippen LogP contribution in [0.5, 0.6) is 5.75 Å². The third-order valence-electron chi connectivity index (χ3n) is 1.64. The molecule has 0 fully saturated rings. The zero-order valence-corrected chi connectivity index (χ0v) is 8.23. The lowest BCUT2D eigenvalue weighted by atomic mass is 10.2. The molecular weight excluding hydrogens is 174 g/mol. The average Bonchev–Trinajstić information content (AvgIpc) is 2.20. The summed E-state index contributed by atoms with van der Waals surface area (Å²) in [6.07, 6.45) is 2.97. The molecule has 0 aliphatic carbocycles. The van der Waals surface area contributed by atoms with Crippen molar-refractivity contribution >= 4 is 5.90 Å². The molecule has 0 bridgehead atoms. The maximum Gasteiger partial charge on any atom is 0.218 e. The molecule has 2 nitrogen and oxygen atoms in total. The molecule has 0 saturated heterocycles. The van der Waals surface area contributed by atoms with Gasteiger partial charge in [0, 0.05) is 6.20 Å². The molecule has 0 spiro atoms. The summed E-state index contributed by atoms with van der Waals surface area (Å²) in [5.74, 6) is 1.19. The minimum atomic E-state index is 0.448. The first-order valence-corrected chi connectivity index (χ1v) is 4.32. The van der Waals surface area contributed by atoms with E-state index in [9.17, 15) is 0 Å². The Hall–Kier alpha value is -1.83. The fraction of sp³-hybridized carbons (Fsp3) is 0.0833. The van der Waals surface area contributed by atoms with E-state index in [4.69, 9.17) is 4.74 Å². The van der Waals surface area contributed by atoms with Crippen LogP contribution in [0.3, 0.4) is 0 Å². The lowest BCUT2D eigenvalue weighted by Crippen LogP contribution is -2.03. The lowest BCUT2D eigenvalue weighted by molar-refractivity contribution is 0.555. The molecular formula is C12H13NO. The molecule has 2 heteroatoms. The average molecular weight is 187 g/mol. The first-order chi connectivity index (χ1) is 6.76. The maximum absolute atomic E-state index is 5.42. The van der Waals surface area contributed by atoms with Crippen molar-refractivity contribution < 1.29 is 4.74 Å². The second-order valence-corrected chi connectivity index (χ2v) is 2.77. The van der Waals surface area contributed by atoms with Gasteiger partial charge in [0.15, 0.2) is 0 Å². The second-order valence-electron chi connectivity index (χ2n) is 2.77. The van der Waals surface area contributed by atoms with Crippen molar-refractivity contribution in [1.29, 1.82) is 0 Å². The van der Waals surface area contributed by atoms with Crippen LogP contribution in [-0.4, -0.2) is 5.90 Å². The Morgan fingerprint density at radius 1 is 1.29 bits per heavy atom. The van der Waals surface area contributed by atoms with E-state index in [0.717, 1.165) is 5.75 Å². The van der Waals surface area contributed by atoms with Gasteiger partial charge in [0.2, 0.25) is 5.90 Å². The Morgan fingerprint density at radius 3 is 2.43 bits per heavy atom. The summed E-state index contributed by atoms with van der Waals surface area (Å²) in [5.41, 5.74) is 1.19. The van der Waals surface area contributed by atoms with Crippen LogP contribution >= 0.6 is 0 Å². The Bertz CT molecular complexity index is 349. The summed E-state index contributed by atoms with van der Waals surface area (Å²) >= 11 is 0. The van der Waals surface area contributed by atoms with Crippen molar-refractivity contribution in [3.63, 3.8) is 0 Å². The molecule has 0 aromatic heterocycles. The molecule has 0 unspecified atom stereocenters. The van der Waals surface area contributed by atoms with E-state index >= 15 is 0 Å². The van der Waals surface area contributed by atoms with Crippen LogP contribution in [0.15, 0.2) is 54.7 Å². The molecule has 1 rings (SSSR count). The Morgan fingerprint density at radius 2 is 1.93 bits per heavy atom. The van der Waals surface area contributed by atoms with Crippen molar-refractivity contribution in [2.24, 2.45) is 4.99 Å². The van der Waals surface area contributed by atoms with Crippen LogP contribution in [0.1, 0.15) is 5.56 Å². The minimum absolute atomic E-state index is 0.448. The first-order valence-electron chi connectivity index (χ1n) is 4.32. The standard InChI is InChI=1S/C12H13NO/c1-4-12(13-5-2)14-11-8-6-10(3)7-9-11/h4-9H,1-2H2,3H3/b13-12+. The number of benzene rings is 1. The highest BCUT2D eigenvalue weighted by Crippen LogP contribution is 2.11. The van der Waals surface area contributed by atoms with Gasteiger partial charge in [-0.1, -0.05) is 30.9 Å².